The molecule has 30 heavy (non-hydrogen) atoms. The molecule has 3 heterocycles. The van der Waals surface area contributed by atoms with E-state index in [9.17, 15) is 0 Å². The Labute approximate surface area is 176 Å². The second-order valence-electron chi connectivity index (χ2n) is 7.07. The monoisotopic (exact) mass is 409 g/mol. The average Bonchev–Trinajstić information content (AvgIpc) is 2.79. The van der Waals surface area contributed by atoms with Crippen LogP contribution >= 0.6 is 0 Å². The van der Waals surface area contributed by atoms with Crippen molar-refractivity contribution < 1.29 is 19.4 Å². The SMILES string of the molecule is COc1cc(-c2cc(C)c3cc(CCN4CCOCC4)ccc3n2)ccn1.O=CO. The maximum absolute atomic E-state index is 8.36. The molecule has 158 valence electrons. The van der Waals surface area contributed by atoms with Crippen LogP contribution < -0.4 is 4.74 Å². The number of hydrogen-bond donors (Lipinski definition) is 1. The molecule has 0 spiro atoms. The van der Waals surface area contributed by atoms with Gasteiger partial charge in [-0.2, -0.15) is 0 Å². The molecule has 1 aromatic carbocycles. The van der Waals surface area contributed by atoms with Crippen LogP contribution in [0.4, 0.5) is 0 Å². The second kappa shape index (κ2) is 10.7. The molecule has 7 nitrogen and oxygen atoms in total. The van der Waals surface area contributed by atoms with Crippen molar-refractivity contribution in [2.24, 2.45) is 0 Å². The molecular weight excluding hydrogens is 382 g/mol. The van der Waals surface area contributed by atoms with Crippen molar-refractivity contribution in [1.82, 2.24) is 14.9 Å². The predicted molar refractivity (Wildman–Crippen MR) is 116 cm³/mol. The van der Waals surface area contributed by atoms with Crippen molar-refractivity contribution in [3.63, 3.8) is 0 Å². The van der Waals surface area contributed by atoms with Crippen molar-refractivity contribution in [2.45, 2.75) is 13.3 Å². The zero-order valence-electron chi connectivity index (χ0n) is 17.4. The zero-order valence-corrected chi connectivity index (χ0v) is 17.4. The van der Waals surface area contributed by atoms with Crippen LogP contribution in [-0.2, 0) is 16.0 Å². The number of ether oxygens (including phenoxy) is 2. The van der Waals surface area contributed by atoms with Crippen LogP contribution in [0.1, 0.15) is 11.1 Å². The molecule has 0 atom stereocenters. The number of rotatable bonds is 5. The minimum absolute atomic E-state index is 0.250. The van der Waals surface area contributed by atoms with Gasteiger partial charge in [-0.15, -0.1) is 0 Å². The number of aromatic nitrogens is 2. The summed E-state index contributed by atoms with van der Waals surface area (Å²) >= 11 is 0. The van der Waals surface area contributed by atoms with Crippen molar-refractivity contribution in [1.29, 1.82) is 0 Å². The molecule has 1 saturated heterocycles. The first-order chi connectivity index (χ1) is 14.6. The smallest absolute Gasteiger partial charge is 0.290 e. The molecule has 3 aromatic rings. The highest BCUT2D eigenvalue weighted by molar-refractivity contribution is 5.85. The summed E-state index contributed by atoms with van der Waals surface area (Å²) in [6.45, 7) is 6.75. The number of methoxy groups -OCH3 is 1. The fourth-order valence-electron chi connectivity index (χ4n) is 3.54. The standard InChI is InChI=1S/C22H25N3O2.CH2O2/c1-16-13-21(18-5-7-23-22(15-18)26-2)24-20-4-3-17(14-19(16)20)6-8-25-9-11-27-12-10-25;2-1-3/h3-5,7,13-15H,6,8-12H2,1-2H3;1H,(H,2,3). The molecule has 0 saturated carbocycles. The first kappa shape index (κ1) is 21.7. The number of aryl methyl sites for hydroxylation is 1. The fraction of sp³-hybridized carbons (Fsp3) is 0.348. The lowest BCUT2D eigenvalue weighted by molar-refractivity contribution is -0.122. The topological polar surface area (TPSA) is 84.8 Å². The summed E-state index contributed by atoms with van der Waals surface area (Å²) in [7, 11) is 1.63. The Morgan fingerprint density at radius 3 is 2.70 bits per heavy atom. The summed E-state index contributed by atoms with van der Waals surface area (Å²) in [5.74, 6) is 0.602. The molecule has 1 aliphatic rings. The lowest BCUT2D eigenvalue weighted by atomic mass is 10.0. The highest BCUT2D eigenvalue weighted by Crippen LogP contribution is 2.26. The van der Waals surface area contributed by atoms with E-state index in [1.807, 2.05) is 12.1 Å². The lowest BCUT2D eigenvalue weighted by Gasteiger charge is -2.26. The van der Waals surface area contributed by atoms with E-state index in [-0.39, 0.29) is 6.47 Å². The van der Waals surface area contributed by atoms with Gasteiger partial charge in [0.05, 0.1) is 31.5 Å². The van der Waals surface area contributed by atoms with Crippen LogP contribution in [0.15, 0.2) is 42.6 Å². The summed E-state index contributed by atoms with van der Waals surface area (Å²) in [6, 6.07) is 12.7. The zero-order chi connectivity index (χ0) is 21.3. The number of morpholine rings is 1. The number of carboxylic acid groups (broad SMARTS) is 1. The number of fused-ring (bicyclic) bond motifs is 1. The second-order valence-corrected chi connectivity index (χ2v) is 7.07. The molecular formula is C23H27N3O4. The van der Waals surface area contributed by atoms with Crippen LogP contribution in [-0.4, -0.2) is 66.4 Å². The van der Waals surface area contributed by atoms with E-state index in [1.165, 1.54) is 16.5 Å². The third-order valence-corrected chi connectivity index (χ3v) is 5.14. The van der Waals surface area contributed by atoms with E-state index in [1.54, 1.807) is 13.3 Å². The van der Waals surface area contributed by atoms with Gasteiger partial charge < -0.3 is 14.6 Å². The Balaban J connectivity index is 0.000000806. The normalized spacial score (nSPS) is 14.1. The van der Waals surface area contributed by atoms with E-state index in [0.29, 0.717) is 5.88 Å². The molecule has 0 aliphatic carbocycles. The van der Waals surface area contributed by atoms with Crippen LogP contribution in [0.25, 0.3) is 22.2 Å². The van der Waals surface area contributed by atoms with E-state index in [4.69, 9.17) is 24.4 Å². The average molecular weight is 409 g/mol. The number of nitrogens with zero attached hydrogens (tertiary/aromatic N) is 3. The van der Waals surface area contributed by atoms with Gasteiger partial charge in [-0.05, 0) is 48.7 Å². The minimum atomic E-state index is -0.250. The molecule has 0 amide bonds. The van der Waals surface area contributed by atoms with Crippen molar-refractivity contribution in [3.8, 4) is 17.1 Å². The molecule has 0 bridgehead atoms. The first-order valence-corrected chi connectivity index (χ1v) is 9.93. The van der Waals surface area contributed by atoms with E-state index in [0.717, 1.165) is 56.0 Å². The summed E-state index contributed by atoms with van der Waals surface area (Å²) < 4.78 is 10.7. The van der Waals surface area contributed by atoms with Crippen LogP contribution in [0.3, 0.4) is 0 Å². The van der Waals surface area contributed by atoms with E-state index >= 15 is 0 Å². The number of carbonyl (C=O) groups is 1. The van der Waals surface area contributed by atoms with E-state index < -0.39 is 0 Å². The molecule has 4 rings (SSSR count). The van der Waals surface area contributed by atoms with Gasteiger partial charge in [0.1, 0.15) is 0 Å². The Kier molecular flexibility index (Phi) is 7.70. The molecule has 1 fully saturated rings. The van der Waals surface area contributed by atoms with Gasteiger partial charge in [0.25, 0.3) is 6.47 Å². The van der Waals surface area contributed by atoms with Crippen LogP contribution in [0.2, 0.25) is 0 Å². The van der Waals surface area contributed by atoms with Gasteiger partial charge in [0, 0.05) is 42.8 Å². The van der Waals surface area contributed by atoms with Gasteiger partial charge in [0.2, 0.25) is 5.88 Å². The van der Waals surface area contributed by atoms with Crippen molar-refractivity contribution in [3.05, 3.63) is 53.7 Å². The minimum Gasteiger partial charge on any atom is -0.483 e. The summed E-state index contributed by atoms with van der Waals surface area (Å²) in [5.41, 5.74) is 5.58. The maximum atomic E-state index is 8.36. The molecule has 1 N–H and O–H groups in total. The third kappa shape index (κ3) is 5.52. The quantitative estimate of drug-likeness (QED) is 0.648. The van der Waals surface area contributed by atoms with Crippen LogP contribution in [0, 0.1) is 6.92 Å². The molecule has 0 unspecified atom stereocenters. The maximum Gasteiger partial charge on any atom is 0.290 e. The van der Waals surface area contributed by atoms with Crippen molar-refractivity contribution in [2.75, 3.05) is 40.0 Å². The number of benzene rings is 1. The largest absolute Gasteiger partial charge is 0.483 e. The Bertz CT molecular complexity index is 987. The predicted octanol–water partition coefficient (Wildman–Crippen LogP) is 3.19. The number of pyridine rings is 2. The number of hydrogen-bond acceptors (Lipinski definition) is 6. The highest BCUT2D eigenvalue weighted by Gasteiger charge is 2.11. The molecule has 7 heteroatoms. The summed E-state index contributed by atoms with van der Waals surface area (Å²) in [5, 5.41) is 8.11. The molecule has 2 aromatic heterocycles. The van der Waals surface area contributed by atoms with Gasteiger partial charge >= 0.3 is 0 Å². The Hall–Kier alpha value is -3.03. The van der Waals surface area contributed by atoms with Crippen LogP contribution in [0.5, 0.6) is 5.88 Å². The summed E-state index contributed by atoms with van der Waals surface area (Å²) in [4.78, 5) is 19.9. The van der Waals surface area contributed by atoms with Gasteiger partial charge in [-0.3, -0.25) is 9.69 Å². The third-order valence-electron chi connectivity index (χ3n) is 5.14. The van der Waals surface area contributed by atoms with Gasteiger partial charge in [-0.25, -0.2) is 9.97 Å². The molecule has 0 radical (unpaired) electrons. The Morgan fingerprint density at radius 1 is 1.20 bits per heavy atom. The van der Waals surface area contributed by atoms with E-state index in [2.05, 4.69) is 41.1 Å². The molecule has 1 aliphatic heterocycles. The van der Waals surface area contributed by atoms with Gasteiger partial charge in [-0.1, -0.05) is 6.07 Å². The van der Waals surface area contributed by atoms with Crippen molar-refractivity contribution >= 4 is 17.4 Å². The highest BCUT2D eigenvalue weighted by atomic mass is 16.5. The lowest BCUT2D eigenvalue weighted by Crippen LogP contribution is -2.37. The van der Waals surface area contributed by atoms with Gasteiger partial charge in [0.15, 0.2) is 0 Å². The Morgan fingerprint density at radius 2 is 1.97 bits per heavy atom. The first-order valence-electron chi connectivity index (χ1n) is 9.93. The fourth-order valence-corrected chi connectivity index (χ4v) is 3.54. The summed E-state index contributed by atoms with van der Waals surface area (Å²) in [6.07, 6.45) is 2.81.